The van der Waals surface area contributed by atoms with Crippen LogP contribution in [0, 0.1) is 11.8 Å². The van der Waals surface area contributed by atoms with Gasteiger partial charge in [-0.2, -0.15) is 0 Å². The number of benzene rings is 1. The van der Waals surface area contributed by atoms with Gasteiger partial charge in [0, 0.05) is 18.5 Å². The van der Waals surface area contributed by atoms with Crippen molar-refractivity contribution in [2.24, 2.45) is 0 Å². The van der Waals surface area contributed by atoms with Gasteiger partial charge in [-0.25, -0.2) is 4.79 Å². The summed E-state index contributed by atoms with van der Waals surface area (Å²) in [6, 6.07) is 5.36. The summed E-state index contributed by atoms with van der Waals surface area (Å²) >= 11 is 0. The van der Waals surface area contributed by atoms with Crippen LogP contribution in [0.1, 0.15) is 32.8 Å². The Morgan fingerprint density at radius 2 is 2.10 bits per heavy atom. The zero-order chi connectivity index (χ0) is 15.9. The summed E-state index contributed by atoms with van der Waals surface area (Å²) in [4.78, 5) is 11.4. The van der Waals surface area contributed by atoms with Gasteiger partial charge in [0.2, 0.25) is 0 Å². The Kier molecular flexibility index (Phi) is 5.92. The molecule has 0 saturated carbocycles. The first-order chi connectivity index (χ1) is 9.81. The van der Waals surface area contributed by atoms with Gasteiger partial charge in [0.05, 0.1) is 12.8 Å². The van der Waals surface area contributed by atoms with E-state index in [4.69, 9.17) is 15.2 Å². The zero-order valence-electron chi connectivity index (χ0n) is 12.9. The second-order valence-electron chi connectivity index (χ2n) is 5.44. The van der Waals surface area contributed by atoms with Gasteiger partial charge in [0.15, 0.2) is 0 Å². The highest BCUT2D eigenvalue weighted by Crippen LogP contribution is 2.21. The SMILES string of the molecule is COc1cc(C#CCCNC(=O)OC(C)(C)C)ccc1N. The van der Waals surface area contributed by atoms with Crippen LogP contribution in [0.3, 0.4) is 0 Å². The predicted octanol–water partition coefficient (Wildman–Crippen LogP) is 2.54. The van der Waals surface area contributed by atoms with Crippen LogP contribution >= 0.6 is 0 Å². The van der Waals surface area contributed by atoms with Crippen LogP contribution in [-0.2, 0) is 4.74 Å². The highest BCUT2D eigenvalue weighted by molar-refractivity contribution is 5.67. The molecule has 0 aromatic heterocycles. The molecule has 1 rings (SSSR count). The van der Waals surface area contributed by atoms with E-state index in [1.807, 2.05) is 26.8 Å². The summed E-state index contributed by atoms with van der Waals surface area (Å²) in [7, 11) is 1.56. The van der Waals surface area contributed by atoms with Crippen molar-refractivity contribution >= 4 is 11.8 Å². The minimum absolute atomic E-state index is 0.432. The molecule has 3 N–H and O–H groups in total. The van der Waals surface area contributed by atoms with E-state index < -0.39 is 11.7 Å². The van der Waals surface area contributed by atoms with E-state index in [1.54, 1.807) is 19.2 Å². The lowest BCUT2D eigenvalue weighted by molar-refractivity contribution is 0.0529. The monoisotopic (exact) mass is 290 g/mol. The lowest BCUT2D eigenvalue weighted by Gasteiger charge is -2.19. The lowest BCUT2D eigenvalue weighted by atomic mass is 10.2. The third-order valence-corrected chi connectivity index (χ3v) is 2.38. The maximum absolute atomic E-state index is 11.4. The lowest BCUT2D eigenvalue weighted by Crippen LogP contribution is -2.32. The average molecular weight is 290 g/mol. The molecule has 0 radical (unpaired) electrons. The van der Waals surface area contributed by atoms with Gasteiger partial charge in [-0.3, -0.25) is 0 Å². The summed E-state index contributed by atoms with van der Waals surface area (Å²) in [5.74, 6) is 6.57. The molecule has 1 aromatic carbocycles. The van der Waals surface area contributed by atoms with Crippen LogP contribution in [-0.4, -0.2) is 25.3 Å². The molecular formula is C16H22N2O3. The Labute approximate surface area is 125 Å². The minimum atomic E-state index is -0.490. The van der Waals surface area contributed by atoms with Crippen molar-refractivity contribution in [2.45, 2.75) is 32.8 Å². The number of rotatable bonds is 3. The van der Waals surface area contributed by atoms with E-state index in [0.717, 1.165) is 5.56 Å². The second kappa shape index (κ2) is 7.44. The molecule has 0 atom stereocenters. The number of methoxy groups -OCH3 is 1. The molecule has 0 spiro atoms. The topological polar surface area (TPSA) is 73.6 Å². The maximum Gasteiger partial charge on any atom is 0.407 e. The molecule has 5 nitrogen and oxygen atoms in total. The third-order valence-electron chi connectivity index (χ3n) is 2.38. The number of hydrogen-bond acceptors (Lipinski definition) is 4. The number of amides is 1. The third kappa shape index (κ3) is 6.57. The molecule has 1 aromatic rings. The van der Waals surface area contributed by atoms with Crippen molar-refractivity contribution in [3.63, 3.8) is 0 Å². The van der Waals surface area contributed by atoms with Gasteiger partial charge >= 0.3 is 6.09 Å². The van der Waals surface area contributed by atoms with Crippen molar-refractivity contribution in [3.05, 3.63) is 23.8 Å². The summed E-state index contributed by atoms with van der Waals surface area (Å²) in [6.07, 6.45) is 0.102. The highest BCUT2D eigenvalue weighted by atomic mass is 16.6. The van der Waals surface area contributed by atoms with Crippen LogP contribution < -0.4 is 15.8 Å². The standard InChI is InChI=1S/C16H22N2O3/c1-16(2,3)21-15(19)18-10-6-5-7-12-8-9-13(17)14(11-12)20-4/h8-9,11H,6,10,17H2,1-4H3,(H,18,19). The molecule has 5 heteroatoms. The fourth-order valence-electron chi connectivity index (χ4n) is 1.49. The molecule has 0 aliphatic carbocycles. The molecule has 0 heterocycles. The van der Waals surface area contributed by atoms with Gasteiger partial charge in [-0.05, 0) is 39.0 Å². The molecule has 0 saturated heterocycles. The molecular weight excluding hydrogens is 268 g/mol. The van der Waals surface area contributed by atoms with E-state index in [1.165, 1.54) is 0 Å². The minimum Gasteiger partial charge on any atom is -0.495 e. The first-order valence-corrected chi connectivity index (χ1v) is 6.71. The van der Waals surface area contributed by atoms with E-state index in [9.17, 15) is 4.79 Å². The number of nitrogen functional groups attached to an aromatic ring is 1. The number of anilines is 1. The molecule has 0 aliphatic rings. The van der Waals surface area contributed by atoms with E-state index in [2.05, 4.69) is 17.2 Å². The summed E-state index contributed by atoms with van der Waals surface area (Å²) < 4.78 is 10.2. The Morgan fingerprint density at radius 3 is 2.71 bits per heavy atom. The first kappa shape index (κ1) is 16.7. The maximum atomic E-state index is 11.4. The predicted molar refractivity (Wildman–Crippen MR) is 83.1 cm³/mol. The largest absolute Gasteiger partial charge is 0.495 e. The van der Waals surface area contributed by atoms with Crippen LogP contribution in [0.4, 0.5) is 10.5 Å². The normalized spacial score (nSPS) is 10.3. The molecule has 114 valence electrons. The molecule has 0 unspecified atom stereocenters. The van der Waals surface area contributed by atoms with Crippen molar-refractivity contribution in [2.75, 3.05) is 19.4 Å². The van der Waals surface area contributed by atoms with Gasteiger partial charge in [-0.1, -0.05) is 11.8 Å². The Hall–Kier alpha value is -2.35. The van der Waals surface area contributed by atoms with Crippen molar-refractivity contribution in [1.29, 1.82) is 0 Å². The summed E-state index contributed by atoms with van der Waals surface area (Å²) in [5.41, 5.74) is 6.63. The number of nitrogens with one attached hydrogen (secondary N) is 1. The highest BCUT2D eigenvalue weighted by Gasteiger charge is 2.15. The van der Waals surface area contributed by atoms with Gasteiger partial charge in [0.25, 0.3) is 0 Å². The first-order valence-electron chi connectivity index (χ1n) is 6.71. The number of carbonyl (C=O) groups is 1. The molecule has 0 aliphatic heterocycles. The molecule has 1 amide bonds. The van der Waals surface area contributed by atoms with E-state index in [0.29, 0.717) is 24.4 Å². The Bertz CT molecular complexity index is 551. The second-order valence-corrected chi connectivity index (χ2v) is 5.44. The van der Waals surface area contributed by atoms with Crippen LogP contribution in [0.2, 0.25) is 0 Å². The summed E-state index contributed by atoms with van der Waals surface area (Å²) in [6.45, 7) is 5.90. The number of nitrogens with two attached hydrogens (primary N) is 1. The van der Waals surface area contributed by atoms with Gasteiger partial charge < -0.3 is 20.5 Å². The van der Waals surface area contributed by atoms with Crippen LogP contribution in [0.5, 0.6) is 5.75 Å². The van der Waals surface area contributed by atoms with E-state index in [-0.39, 0.29) is 0 Å². The van der Waals surface area contributed by atoms with E-state index >= 15 is 0 Å². The number of alkyl carbamates (subject to hydrolysis) is 1. The van der Waals surface area contributed by atoms with Crippen molar-refractivity contribution in [3.8, 4) is 17.6 Å². The smallest absolute Gasteiger partial charge is 0.407 e. The number of carbonyl (C=O) groups excluding carboxylic acids is 1. The van der Waals surface area contributed by atoms with Crippen LogP contribution in [0.15, 0.2) is 18.2 Å². The zero-order valence-corrected chi connectivity index (χ0v) is 12.9. The van der Waals surface area contributed by atoms with Crippen molar-refractivity contribution < 1.29 is 14.3 Å². The quantitative estimate of drug-likeness (QED) is 0.510. The van der Waals surface area contributed by atoms with Gasteiger partial charge in [0.1, 0.15) is 11.4 Å². The van der Waals surface area contributed by atoms with Crippen LogP contribution in [0.25, 0.3) is 0 Å². The summed E-state index contributed by atoms with van der Waals surface area (Å²) in [5, 5.41) is 2.65. The Balaban J connectivity index is 2.42. The Morgan fingerprint density at radius 1 is 1.38 bits per heavy atom. The molecule has 0 bridgehead atoms. The fourth-order valence-corrected chi connectivity index (χ4v) is 1.49. The fraction of sp³-hybridized carbons (Fsp3) is 0.438. The number of hydrogen-bond donors (Lipinski definition) is 2. The number of ether oxygens (including phenoxy) is 2. The van der Waals surface area contributed by atoms with Gasteiger partial charge in [-0.15, -0.1) is 0 Å². The van der Waals surface area contributed by atoms with Crippen molar-refractivity contribution in [1.82, 2.24) is 5.32 Å². The molecule has 0 fully saturated rings. The average Bonchev–Trinajstić information content (AvgIpc) is 2.38. The molecule has 21 heavy (non-hydrogen) atoms.